The zero-order chi connectivity index (χ0) is 21.6. The first-order chi connectivity index (χ1) is 13.6. The summed E-state index contributed by atoms with van der Waals surface area (Å²) in [5, 5.41) is 6.81. The number of guanidine groups is 1. The topological polar surface area (TPSA) is 77.0 Å². The largest absolute Gasteiger partial charge is 0.355 e. The lowest BCUT2D eigenvalue weighted by Crippen LogP contribution is -2.55. The number of hydrogen-bond donors (Lipinski definition) is 2. The number of nitrogens with one attached hydrogen (secondary N) is 2. The van der Waals surface area contributed by atoms with Crippen LogP contribution in [0.3, 0.4) is 0 Å². The van der Waals surface area contributed by atoms with Crippen molar-refractivity contribution in [2.24, 2.45) is 10.9 Å². The minimum atomic E-state index is -3.19. The molecule has 0 spiro atoms. The highest BCUT2D eigenvalue weighted by molar-refractivity contribution is 7.90. The van der Waals surface area contributed by atoms with E-state index in [4.69, 9.17) is 0 Å². The Balaban J connectivity index is 1.92. The Bertz CT molecular complexity index is 799. The fourth-order valence-electron chi connectivity index (χ4n) is 3.79. The summed E-state index contributed by atoms with van der Waals surface area (Å²) in [6.45, 7) is 12.2. The summed E-state index contributed by atoms with van der Waals surface area (Å²) in [6.07, 6.45) is 1.24. The van der Waals surface area contributed by atoms with E-state index in [2.05, 4.69) is 46.3 Å². The number of benzene rings is 1. The Morgan fingerprint density at radius 2 is 1.83 bits per heavy atom. The van der Waals surface area contributed by atoms with Gasteiger partial charge in [-0.25, -0.2) is 8.42 Å². The molecule has 1 atom stereocenters. The molecule has 8 heteroatoms. The predicted octanol–water partition coefficient (Wildman–Crippen LogP) is 1.34. The van der Waals surface area contributed by atoms with E-state index in [1.54, 1.807) is 13.1 Å². The molecule has 1 aromatic rings. The van der Waals surface area contributed by atoms with Gasteiger partial charge in [-0.3, -0.25) is 9.89 Å². The molecule has 0 saturated carbocycles. The van der Waals surface area contributed by atoms with Crippen LogP contribution in [0.15, 0.2) is 28.1 Å². The lowest BCUT2D eigenvalue weighted by molar-refractivity contribution is 0.0900. The average molecular weight is 424 g/mol. The summed E-state index contributed by atoms with van der Waals surface area (Å²) >= 11 is 0. The molecule has 0 bridgehead atoms. The molecule has 0 aliphatic carbocycles. The first kappa shape index (κ1) is 23.6. The number of piperazine rings is 1. The molecule has 0 amide bonds. The Labute approximate surface area is 176 Å². The van der Waals surface area contributed by atoms with Crippen molar-refractivity contribution in [2.45, 2.75) is 38.3 Å². The molecule has 1 fully saturated rings. The highest BCUT2D eigenvalue weighted by Gasteiger charge is 2.25. The molecule has 1 unspecified atom stereocenters. The van der Waals surface area contributed by atoms with Crippen molar-refractivity contribution >= 4 is 15.8 Å². The van der Waals surface area contributed by atoms with Gasteiger partial charge in [0.25, 0.3) is 0 Å². The lowest BCUT2D eigenvalue weighted by Gasteiger charge is -2.40. The molecule has 2 rings (SSSR count). The van der Waals surface area contributed by atoms with Crippen LogP contribution >= 0.6 is 0 Å². The van der Waals surface area contributed by atoms with Crippen LogP contribution in [-0.4, -0.2) is 83.3 Å². The summed E-state index contributed by atoms with van der Waals surface area (Å²) in [5.41, 5.74) is 1.79. The molecule has 7 nitrogen and oxygen atoms in total. The van der Waals surface area contributed by atoms with Gasteiger partial charge in [0.2, 0.25) is 0 Å². The van der Waals surface area contributed by atoms with E-state index in [0.717, 1.165) is 49.8 Å². The van der Waals surface area contributed by atoms with E-state index in [-0.39, 0.29) is 0 Å². The van der Waals surface area contributed by atoms with Gasteiger partial charge >= 0.3 is 0 Å². The number of rotatable bonds is 7. The molecular weight excluding hydrogens is 386 g/mol. The van der Waals surface area contributed by atoms with Crippen molar-refractivity contribution in [1.29, 1.82) is 0 Å². The maximum absolute atomic E-state index is 11.8. The van der Waals surface area contributed by atoms with Gasteiger partial charge in [-0.05, 0) is 37.1 Å². The maximum atomic E-state index is 11.8. The van der Waals surface area contributed by atoms with Gasteiger partial charge in [0.05, 0.1) is 4.90 Å². The molecule has 1 saturated heterocycles. The van der Waals surface area contributed by atoms with Crippen LogP contribution in [0.1, 0.15) is 25.0 Å². The molecule has 2 N–H and O–H groups in total. The zero-order valence-corrected chi connectivity index (χ0v) is 19.5. The summed E-state index contributed by atoms with van der Waals surface area (Å²) < 4.78 is 23.6. The van der Waals surface area contributed by atoms with Gasteiger partial charge in [0.1, 0.15) is 0 Å². The summed E-state index contributed by atoms with van der Waals surface area (Å²) in [6, 6.07) is 5.90. The molecular formula is C21H37N5O2S. The quantitative estimate of drug-likeness (QED) is 0.509. The molecule has 29 heavy (non-hydrogen) atoms. The highest BCUT2D eigenvalue weighted by atomic mass is 32.2. The van der Waals surface area contributed by atoms with Crippen LogP contribution in [0, 0.1) is 12.8 Å². The first-order valence-corrected chi connectivity index (χ1v) is 12.2. The van der Waals surface area contributed by atoms with Crippen LogP contribution in [0.2, 0.25) is 0 Å². The minimum absolute atomic E-state index is 0.385. The van der Waals surface area contributed by atoms with Gasteiger partial charge < -0.3 is 15.5 Å². The third-order valence-electron chi connectivity index (χ3n) is 5.58. The van der Waals surface area contributed by atoms with Gasteiger partial charge in [0.15, 0.2) is 15.8 Å². The monoisotopic (exact) mass is 423 g/mol. The van der Waals surface area contributed by atoms with Crippen LogP contribution in [-0.2, 0) is 16.4 Å². The first-order valence-electron chi connectivity index (χ1n) is 10.3. The second-order valence-electron chi connectivity index (χ2n) is 8.33. The van der Waals surface area contributed by atoms with Crippen molar-refractivity contribution in [3.63, 3.8) is 0 Å². The second-order valence-corrected chi connectivity index (χ2v) is 10.3. The molecule has 1 aliphatic heterocycles. The van der Waals surface area contributed by atoms with Crippen LogP contribution < -0.4 is 10.6 Å². The van der Waals surface area contributed by atoms with E-state index in [0.29, 0.717) is 23.4 Å². The van der Waals surface area contributed by atoms with Gasteiger partial charge in [-0.1, -0.05) is 26.0 Å². The summed E-state index contributed by atoms with van der Waals surface area (Å²) in [4.78, 5) is 9.67. The van der Waals surface area contributed by atoms with Gasteiger partial charge in [-0.15, -0.1) is 0 Å². The fraction of sp³-hybridized carbons (Fsp3) is 0.667. The molecule has 1 aliphatic rings. The summed E-state index contributed by atoms with van der Waals surface area (Å²) in [5.74, 6) is 1.31. The Kier molecular flexibility index (Phi) is 8.48. The zero-order valence-electron chi connectivity index (χ0n) is 18.7. The second kappa shape index (κ2) is 10.4. The van der Waals surface area contributed by atoms with Crippen molar-refractivity contribution in [3.8, 4) is 0 Å². The third-order valence-corrected chi connectivity index (χ3v) is 6.83. The predicted molar refractivity (Wildman–Crippen MR) is 120 cm³/mol. The number of aliphatic imine (C=N–C) groups is 1. The Morgan fingerprint density at radius 3 is 2.34 bits per heavy atom. The van der Waals surface area contributed by atoms with E-state index in [1.165, 1.54) is 6.26 Å². The number of aryl methyl sites for hydroxylation is 1. The minimum Gasteiger partial charge on any atom is -0.355 e. The van der Waals surface area contributed by atoms with Crippen LogP contribution in [0.4, 0.5) is 0 Å². The van der Waals surface area contributed by atoms with Gasteiger partial charge in [-0.2, -0.15) is 0 Å². The number of nitrogens with zero attached hydrogens (tertiary/aromatic N) is 3. The lowest BCUT2D eigenvalue weighted by atomic mass is 10.0. The fourth-order valence-corrected chi connectivity index (χ4v) is 4.74. The van der Waals surface area contributed by atoms with Crippen molar-refractivity contribution in [1.82, 2.24) is 20.4 Å². The Morgan fingerprint density at radius 1 is 1.17 bits per heavy atom. The van der Waals surface area contributed by atoms with E-state index in [9.17, 15) is 8.42 Å². The molecule has 0 aromatic heterocycles. The normalized spacial score (nSPS) is 18.1. The standard InChI is InChI=1S/C21H37N5O2S/c1-16(2)19(26-11-9-25(5)10-12-26)15-24-21(22-4)23-14-18-7-8-20(17(3)13-18)29(6,27)28/h7-8,13,16,19H,9-12,14-15H2,1-6H3,(H2,22,23,24). The van der Waals surface area contributed by atoms with E-state index >= 15 is 0 Å². The molecule has 0 radical (unpaired) electrons. The van der Waals surface area contributed by atoms with Crippen molar-refractivity contribution in [3.05, 3.63) is 29.3 Å². The number of hydrogen-bond acceptors (Lipinski definition) is 5. The number of likely N-dealkylation sites (N-methyl/N-ethyl adjacent to an activating group) is 1. The molecule has 1 aromatic carbocycles. The van der Waals surface area contributed by atoms with Crippen LogP contribution in [0.5, 0.6) is 0 Å². The van der Waals surface area contributed by atoms with Crippen LogP contribution in [0.25, 0.3) is 0 Å². The Hall–Kier alpha value is -1.64. The number of sulfone groups is 1. The molecule has 1 heterocycles. The van der Waals surface area contributed by atoms with Crippen molar-refractivity contribution < 1.29 is 8.42 Å². The van der Waals surface area contributed by atoms with Crippen molar-refractivity contribution in [2.75, 3.05) is 53.1 Å². The molecule has 164 valence electrons. The third kappa shape index (κ3) is 6.97. The average Bonchev–Trinajstić information content (AvgIpc) is 2.64. The van der Waals surface area contributed by atoms with Gasteiger partial charge in [0, 0.05) is 58.6 Å². The van der Waals surface area contributed by atoms with E-state index in [1.807, 2.05) is 19.1 Å². The smallest absolute Gasteiger partial charge is 0.191 e. The highest BCUT2D eigenvalue weighted by Crippen LogP contribution is 2.16. The maximum Gasteiger partial charge on any atom is 0.191 e. The summed E-state index contributed by atoms with van der Waals surface area (Å²) in [7, 11) is 0.757. The van der Waals surface area contributed by atoms with E-state index < -0.39 is 9.84 Å². The SMILES string of the molecule is CN=C(NCc1ccc(S(C)(=O)=O)c(C)c1)NCC(C(C)C)N1CCN(C)CC1.